The molecule has 0 fully saturated rings. The molecule has 3 nitrogen and oxygen atoms in total. The van der Waals surface area contributed by atoms with Crippen molar-refractivity contribution in [2.75, 3.05) is 5.32 Å². The van der Waals surface area contributed by atoms with E-state index in [9.17, 15) is 9.59 Å². The van der Waals surface area contributed by atoms with Crippen LogP contribution in [0.3, 0.4) is 0 Å². The van der Waals surface area contributed by atoms with Crippen molar-refractivity contribution in [2.24, 2.45) is 0 Å². The summed E-state index contributed by atoms with van der Waals surface area (Å²) in [6.07, 6.45) is 0.953. The average molecular weight is 267 g/mol. The third kappa shape index (κ3) is 3.32. The summed E-state index contributed by atoms with van der Waals surface area (Å²) in [4.78, 5) is 23.2. The number of nitrogens with one attached hydrogen (secondary N) is 1. The molecule has 1 amide bonds. The molecule has 0 aromatic heterocycles. The van der Waals surface area contributed by atoms with Crippen LogP contribution in [0.2, 0.25) is 0 Å². The number of aryl methyl sites for hydroxylation is 1. The van der Waals surface area contributed by atoms with Crippen molar-refractivity contribution < 1.29 is 9.59 Å². The van der Waals surface area contributed by atoms with Crippen LogP contribution in [0.25, 0.3) is 0 Å². The number of anilines is 1. The monoisotopic (exact) mass is 267 g/mol. The van der Waals surface area contributed by atoms with Gasteiger partial charge in [0, 0.05) is 16.8 Å². The molecule has 20 heavy (non-hydrogen) atoms. The Morgan fingerprint density at radius 2 is 1.45 bits per heavy atom. The van der Waals surface area contributed by atoms with Crippen molar-refractivity contribution in [1.82, 2.24) is 0 Å². The summed E-state index contributed by atoms with van der Waals surface area (Å²) in [5.74, 6) is -0.138. The summed E-state index contributed by atoms with van der Waals surface area (Å²) in [7, 11) is 0. The van der Waals surface area contributed by atoms with Gasteiger partial charge < -0.3 is 5.32 Å². The van der Waals surface area contributed by atoms with Crippen molar-refractivity contribution in [3.8, 4) is 0 Å². The molecule has 0 radical (unpaired) electrons. The highest BCUT2D eigenvalue weighted by Crippen LogP contribution is 2.12. The maximum atomic E-state index is 12.1. The SMILES string of the molecule is CCc1ccc(C(=O)Nc2ccc(C(C)=O)cc2)cc1. The van der Waals surface area contributed by atoms with E-state index in [0.29, 0.717) is 16.8 Å². The van der Waals surface area contributed by atoms with Gasteiger partial charge in [0.05, 0.1) is 0 Å². The van der Waals surface area contributed by atoms with Crippen LogP contribution in [0.1, 0.15) is 40.1 Å². The van der Waals surface area contributed by atoms with Gasteiger partial charge in [0.15, 0.2) is 5.78 Å². The number of amides is 1. The lowest BCUT2D eigenvalue weighted by atomic mass is 10.1. The highest BCUT2D eigenvalue weighted by Gasteiger charge is 2.06. The van der Waals surface area contributed by atoms with E-state index < -0.39 is 0 Å². The molecule has 0 bridgehead atoms. The second-order valence-corrected chi connectivity index (χ2v) is 4.64. The molecular formula is C17H17NO2. The van der Waals surface area contributed by atoms with Crippen molar-refractivity contribution in [3.05, 3.63) is 65.2 Å². The largest absolute Gasteiger partial charge is 0.322 e. The van der Waals surface area contributed by atoms with Gasteiger partial charge in [-0.25, -0.2) is 0 Å². The minimum absolute atomic E-state index is 0.0121. The average Bonchev–Trinajstić information content (AvgIpc) is 2.48. The minimum Gasteiger partial charge on any atom is -0.322 e. The molecule has 2 rings (SSSR count). The molecule has 0 heterocycles. The fourth-order valence-electron chi connectivity index (χ4n) is 1.88. The lowest BCUT2D eigenvalue weighted by Crippen LogP contribution is -2.11. The summed E-state index contributed by atoms with van der Waals surface area (Å²) in [6, 6.07) is 14.4. The van der Waals surface area contributed by atoms with Crippen LogP contribution in [0.15, 0.2) is 48.5 Å². The Bertz CT molecular complexity index is 612. The number of carbonyl (C=O) groups is 2. The van der Waals surface area contributed by atoms with E-state index in [1.165, 1.54) is 12.5 Å². The van der Waals surface area contributed by atoms with E-state index in [0.717, 1.165) is 6.42 Å². The summed E-state index contributed by atoms with van der Waals surface area (Å²) in [5.41, 5.74) is 3.14. The molecule has 0 aliphatic heterocycles. The molecule has 0 aliphatic carbocycles. The smallest absolute Gasteiger partial charge is 0.255 e. The van der Waals surface area contributed by atoms with Gasteiger partial charge in [-0.05, 0) is 55.3 Å². The predicted molar refractivity (Wildman–Crippen MR) is 80.2 cm³/mol. The first kappa shape index (κ1) is 14.0. The molecule has 0 unspecified atom stereocenters. The zero-order valence-electron chi connectivity index (χ0n) is 11.6. The standard InChI is InChI=1S/C17H17NO2/c1-3-13-4-6-15(7-5-13)17(20)18-16-10-8-14(9-11-16)12(2)19/h4-11H,3H2,1-2H3,(H,18,20). The molecule has 1 N–H and O–H groups in total. The molecule has 102 valence electrons. The van der Waals surface area contributed by atoms with Gasteiger partial charge in [0.1, 0.15) is 0 Å². The first-order valence-electron chi connectivity index (χ1n) is 6.61. The molecule has 2 aromatic rings. The van der Waals surface area contributed by atoms with E-state index in [1.54, 1.807) is 24.3 Å². The van der Waals surface area contributed by atoms with Crippen LogP contribution in [0.4, 0.5) is 5.69 Å². The van der Waals surface area contributed by atoms with Gasteiger partial charge in [-0.2, -0.15) is 0 Å². The van der Waals surface area contributed by atoms with E-state index in [2.05, 4.69) is 12.2 Å². The Morgan fingerprint density at radius 3 is 1.95 bits per heavy atom. The topological polar surface area (TPSA) is 46.2 Å². The number of hydrogen-bond acceptors (Lipinski definition) is 2. The van der Waals surface area contributed by atoms with Gasteiger partial charge in [-0.3, -0.25) is 9.59 Å². The van der Waals surface area contributed by atoms with Gasteiger partial charge >= 0.3 is 0 Å². The van der Waals surface area contributed by atoms with Crippen LogP contribution in [-0.4, -0.2) is 11.7 Å². The van der Waals surface area contributed by atoms with Crippen LogP contribution in [-0.2, 0) is 6.42 Å². The zero-order chi connectivity index (χ0) is 14.5. The van der Waals surface area contributed by atoms with Crippen molar-refractivity contribution >= 4 is 17.4 Å². The molecular weight excluding hydrogens is 250 g/mol. The summed E-state index contributed by atoms with van der Waals surface area (Å²) >= 11 is 0. The van der Waals surface area contributed by atoms with E-state index in [4.69, 9.17) is 0 Å². The fourth-order valence-corrected chi connectivity index (χ4v) is 1.88. The summed E-state index contributed by atoms with van der Waals surface area (Å²) < 4.78 is 0. The van der Waals surface area contributed by atoms with E-state index >= 15 is 0 Å². The Kier molecular flexibility index (Phi) is 4.31. The lowest BCUT2D eigenvalue weighted by Gasteiger charge is -2.06. The fraction of sp³-hybridized carbons (Fsp3) is 0.176. The van der Waals surface area contributed by atoms with Gasteiger partial charge in [0.25, 0.3) is 5.91 Å². The maximum Gasteiger partial charge on any atom is 0.255 e. The minimum atomic E-state index is -0.150. The Morgan fingerprint density at radius 1 is 0.900 bits per heavy atom. The first-order valence-corrected chi connectivity index (χ1v) is 6.61. The second-order valence-electron chi connectivity index (χ2n) is 4.64. The lowest BCUT2D eigenvalue weighted by molar-refractivity contribution is 0.101. The van der Waals surface area contributed by atoms with Gasteiger partial charge in [0.2, 0.25) is 0 Å². The molecule has 3 heteroatoms. The molecule has 0 saturated carbocycles. The number of rotatable bonds is 4. The number of benzene rings is 2. The third-order valence-electron chi connectivity index (χ3n) is 3.17. The van der Waals surface area contributed by atoms with Crippen molar-refractivity contribution in [3.63, 3.8) is 0 Å². The molecule has 0 aliphatic rings. The third-order valence-corrected chi connectivity index (χ3v) is 3.17. The highest BCUT2D eigenvalue weighted by atomic mass is 16.1. The number of ketones is 1. The molecule has 0 spiro atoms. The van der Waals surface area contributed by atoms with Crippen LogP contribution >= 0.6 is 0 Å². The number of Topliss-reactive ketones (excluding diaryl/α,β-unsaturated/α-hetero) is 1. The highest BCUT2D eigenvalue weighted by molar-refractivity contribution is 6.04. The van der Waals surface area contributed by atoms with Crippen molar-refractivity contribution in [2.45, 2.75) is 20.3 Å². The predicted octanol–water partition coefficient (Wildman–Crippen LogP) is 3.70. The molecule has 2 aromatic carbocycles. The van der Waals surface area contributed by atoms with Gasteiger partial charge in [-0.1, -0.05) is 19.1 Å². The Labute approximate surface area is 118 Å². The Hall–Kier alpha value is -2.42. The Balaban J connectivity index is 2.08. The van der Waals surface area contributed by atoms with E-state index in [1.807, 2.05) is 24.3 Å². The first-order chi connectivity index (χ1) is 9.60. The number of carbonyl (C=O) groups excluding carboxylic acids is 2. The normalized spacial score (nSPS) is 10.1. The molecule has 0 atom stereocenters. The van der Waals surface area contributed by atoms with Crippen molar-refractivity contribution in [1.29, 1.82) is 0 Å². The maximum absolute atomic E-state index is 12.1. The van der Waals surface area contributed by atoms with Crippen LogP contribution in [0.5, 0.6) is 0 Å². The summed E-state index contributed by atoms with van der Waals surface area (Å²) in [5, 5.41) is 2.81. The van der Waals surface area contributed by atoms with Crippen LogP contribution in [0, 0.1) is 0 Å². The quantitative estimate of drug-likeness (QED) is 0.858. The second kappa shape index (κ2) is 6.15. The summed E-state index contributed by atoms with van der Waals surface area (Å²) in [6.45, 7) is 3.59. The van der Waals surface area contributed by atoms with Gasteiger partial charge in [-0.15, -0.1) is 0 Å². The zero-order valence-corrected chi connectivity index (χ0v) is 11.6. The van der Waals surface area contributed by atoms with Crippen LogP contribution < -0.4 is 5.32 Å². The molecule has 0 saturated heterocycles. The number of hydrogen-bond donors (Lipinski definition) is 1. The van der Waals surface area contributed by atoms with E-state index in [-0.39, 0.29) is 11.7 Å².